The van der Waals surface area contributed by atoms with E-state index in [-0.39, 0.29) is 6.42 Å². The highest BCUT2D eigenvalue weighted by Crippen LogP contribution is 1.89. The van der Waals surface area contributed by atoms with E-state index in [1.54, 1.807) is 6.07 Å². The topological polar surface area (TPSA) is 90.2 Å². The highest BCUT2D eigenvalue weighted by molar-refractivity contribution is 5.82. The van der Waals surface area contributed by atoms with Crippen molar-refractivity contribution in [1.29, 1.82) is 5.26 Å². The van der Waals surface area contributed by atoms with Gasteiger partial charge in [-0.05, 0) is 0 Å². The normalized spacial score (nSPS) is 11.3. The molecule has 1 unspecified atom stereocenters. The number of nitriles is 1. The second-order valence-corrected chi connectivity index (χ2v) is 1.95. The number of carboxylic acid groups (broad SMARTS) is 1. The zero-order valence-electron chi connectivity index (χ0n) is 6.00. The van der Waals surface area contributed by atoms with E-state index < -0.39 is 17.9 Å². The molecule has 0 saturated carbocycles. The molecule has 0 rings (SSSR count). The molecule has 0 aromatic rings. The Hall–Kier alpha value is -1.57. The molecule has 0 aromatic carbocycles. The van der Waals surface area contributed by atoms with Crippen molar-refractivity contribution in [3.8, 4) is 6.07 Å². The van der Waals surface area contributed by atoms with E-state index in [2.05, 4.69) is 5.32 Å². The summed E-state index contributed by atoms with van der Waals surface area (Å²) in [6, 6.07) is 0.573. The maximum absolute atomic E-state index is 10.3. The van der Waals surface area contributed by atoms with Crippen LogP contribution in [0.2, 0.25) is 0 Å². The third-order valence-corrected chi connectivity index (χ3v) is 0.971. The van der Waals surface area contributed by atoms with Crippen molar-refractivity contribution >= 4 is 11.9 Å². The first kappa shape index (κ1) is 9.43. The largest absolute Gasteiger partial charge is 0.480 e. The van der Waals surface area contributed by atoms with Crippen molar-refractivity contribution in [2.75, 3.05) is 0 Å². The van der Waals surface area contributed by atoms with Gasteiger partial charge < -0.3 is 10.4 Å². The number of hydrogen-bond donors (Lipinski definition) is 2. The number of hydrogen-bond acceptors (Lipinski definition) is 3. The zero-order chi connectivity index (χ0) is 8.85. The first-order valence-corrected chi connectivity index (χ1v) is 2.94. The molecule has 0 aromatic heterocycles. The van der Waals surface area contributed by atoms with E-state index >= 15 is 0 Å². The Bertz CT molecular complexity index is 206. The van der Waals surface area contributed by atoms with Crippen LogP contribution in [-0.2, 0) is 9.59 Å². The third-order valence-electron chi connectivity index (χ3n) is 0.971. The fourth-order valence-corrected chi connectivity index (χ4v) is 0.537. The van der Waals surface area contributed by atoms with E-state index in [1.165, 1.54) is 6.92 Å². The van der Waals surface area contributed by atoms with Crippen LogP contribution in [0.1, 0.15) is 13.3 Å². The molecule has 60 valence electrons. The third kappa shape index (κ3) is 3.92. The van der Waals surface area contributed by atoms with Crippen LogP contribution >= 0.6 is 0 Å². The Kier molecular flexibility index (Phi) is 3.67. The summed E-state index contributed by atoms with van der Waals surface area (Å²) < 4.78 is 0. The molecule has 2 N–H and O–H groups in total. The number of carboxylic acids is 1. The second-order valence-electron chi connectivity index (χ2n) is 1.95. The Morgan fingerprint density at radius 2 is 2.27 bits per heavy atom. The number of nitrogens with one attached hydrogen (secondary N) is 1. The van der Waals surface area contributed by atoms with E-state index in [1.807, 2.05) is 0 Å². The lowest BCUT2D eigenvalue weighted by Gasteiger charge is -2.07. The fourth-order valence-electron chi connectivity index (χ4n) is 0.537. The van der Waals surface area contributed by atoms with Gasteiger partial charge in [-0.2, -0.15) is 5.26 Å². The maximum atomic E-state index is 10.3. The maximum Gasteiger partial charge on any atom is 0.327 e. The molecule has 0 bridgehead atoms. The van der Waals surface area contributed by atoms with Crippen molar-refractivity contribution in [1.82, 2.24) is 5.32 Å². The van der Waals surface area contributed by atoms with E-state index in [9.17, 15) is 9.59 Å². The monoisotopic (exact) mass is 156 g/mol. The van der Waals surface area contributed by atoms with Gasteiger partial charge in [0.1, 0.15) is 6.04 Å². The lowest BCUT2D eigenvalue weighted by atomic mass is 10.2. The van der Waals surface area contributed by atoms with Crippen molar-refractivity contribution in [2.24, 2.45) is 0 Å². The van der Waals surface area contributed by atoms with Gasteiger partial charge in [-0.15, -0.1) is 0 Å². The van der Waals surface area contributed by atoms with Crippen LogP contribution in [0.3, 0.4) is 0 Å². The minimum atomic E-state index is -1.19. The smallest absolute Gasteiger partial charge is 0.327 e. The lowest BCUT2D eigenvalue weighted by Crippen LogP contribution is -2.39. The molecule has 1 amide bonds. The Balaban J connectivity index is 4.02. The summed E-state index contributed by atoms with van der Waals surface area (Å²) in [6.07, 6.45) is -0.213. The summed E-state index contributed by atoms with van der Waals surface area (Å²) >= 11 is 0. The molecule has 0 spiro atoms. The number of rotatable bonds is 3. The summed E-state index contributed by atoms with van der Waals surface area (Å²) in [5, 5.41) is 18.6. The minimum Gasteiger partial charge on any atom is -0.480 e. The summed E-state index contributed by atoms with van der Waals surface area (Å²) in [5.41, 5.74) is 0. The molecule has 5 nitrogen and oxygen atoms in total. The van der Waals surface area contributed by atoms with Gasteiger partial charge >= 0.3 is 5.97 Å². The molecule has 1 atom stereocenters. The quantitative estimate of drug-likeness (QED) is 0.575. The predicted molar refractivity (Wildman–Crippen MR) is 35.5 cm³/mol. The summed E-state index contributed by atoms with van der Waals surface area (Å²) in [4.78, 5) is 20.6. The van der Waals surface area contributed by atoms with Crippen LogP contribution in [-0.4, -0.2) is 23.0 Å². The first-order valence-electron chi connectivity index (χ1n) is 2.94. The molecule has 0 aliphatic carbocycles. The second kappa shape index (κ2) is 4.28. The average molecular weight is 156 g/mol. The predicted octanol–water partition coefficient (Wildman–Crippen LogP) is -0.511. The van der Waals surface area contributed by atoms with Crippen molar-refractivity contribution in [2.45, 2.75) is 19.4 Å². The number of carbonyl (C=O) groups excluding carboxylic acids is 1. The molecule has 0 aliphatic rings. The molecule has 5 heteroatoms. The van der Waals surface area contributed by atoms with Crippen LogP contribution in [0, 0.1) is 11.3 Å². The molecular weight excluding hydrogens is 148 g/mol. The minimum absolute atomic E-state index is 0.213. The summed E-state index contributed by atoms with van der Waals surface area (Å²) in [6.45, 7) is 1.20. The molecule has 0 fully saturated rings. The van der Waals surface area contributed by atoms with Gasteiger partial charge in [-0.25, -0.2) is 4.79 Å². The van der Waals surface area contributed by atoms with Gasteiger partial charge in [0.25, 0.3) is 0 Å². The van der Waals surface area contributed by atoms with Crippen LogP contribution in [0.5, 0.6) is 0 Å². The number of amides is 1. The standard InChI is InChI=1S/C6H8N2O3/c1-4(9)8-5(2-3-7)6(10)11/h5H,2H2,1H3,(H,8,9)(H,10,11). The van der Waals surface area contributed by atoms with Gasteiger partial charge in [0.15, 0.2) is 0 Å². The Morgan fingerprint density at radius 3 is 2.55 bits per heavy atom. The average Bonchev–Trinajstić information content (AvgIpc) is 1.86. The highest BCUT2D eigenvalue weighted by Gasteiger charge is 2.16. The lowest BCUT2D eigenvalue weighted by molar-refractivity contribution is -0.141. The first-order chi connectivity index (χ1) is 5.07. The zero-order valence-corrected chi connectivity index (χ0v) is 6.00. The fraction of sp³-hybridized carbons (Fsp3) is 0.500. The van der Waals surface area contributed by atoms with Crippen LogP contribution in [0.25, 0.3) is 0 Å². The van der Waals surface area contributed by atoms with Crippen molar-refractivity contribution in [3.63, 3.8) is 0 Å². The Morgan fingerprint density at radius 1 is 1.73 bits per heavy atom. The van der Waals surface area contributed by atoms with Gasteiger partial charge in [0.05, 0.1) is 12.5 Å². The van der Waals surface area contributed by atoms with Gasteiger partial charge in [0, 0.05) is 6.92 Å². The molecular formula is C6H8N2O3. The summed E-state index contributed by atoms with van der Waals surface area (Å²) in [5.74, 6) is -1.64. The Labute approximate surface area is 63.6 Å². The molecule has 0 aliphatic heterocycles. The van der Waals surface area contributed by atoms with E-state index in [4.69, 9.17) is 10.4 Å². The molecule has 11 heavy (non-hydrogen) atoms. The van der Waals surface area contributed by atoms with Gasteiger partial charge in [-0.1, -0.05) is 0 Å². The molecule has 0 saturated heterocycles. The SMILES string of the molecule is CC(=O)NC(CC#N)C(=O)O. The number of nitrogens with zero attached hydrogens (tertiary/aromatic N) is 1. The van der Waals surface area contributed by atoms with Crippen molar-refractivity contribution < 1.29 is 14.7 Å². The van der Waals surface area contributed by atoms with E-state index in [0.717, 1.165) is 0 Å². The van der Waals surface area contributed by atoms with Crippen LogP contribution < -0.4 is 5.32 Å². The highest BCUT2D eigenvalue weighted by atomic mass is 16.4. The van der Waals surface area contributed by atoms with E-state index in [0.29, 0.717) is 0 Å². The molecule has 0 heterocycles. The van der Waals surface area contributed by atoms with Gasteiger partial charge in [-0.3, -0.25) is 4.79 Å². The number of aliphatic carboxylic acids is 1. The van der Waals surface area contributed by atoms with Crippen LogP contribution in [0.4, 0.5) is 0 Å². The van der Waals surface area contributed by atoms with Crippen LogP contribution in [0.15, 0.2) is 0 Å². The summed E-state index contributed by atoms with van der Waals surface area (Å²) in [7, 11) is 0. The molecule has 0 radical (unpaired) electrons. The van der Waals surface area contributed by atoms with Gasteiger partial charge in [0.2, 0.25) is 5.91 Å². The van der Waals surface area contributed by atoms with Crippen molar-refractivity contribution in [3.05, 3.63) is 0 Å². The number of carbonyl (C=O) groups is 2.